The third kappa shape index (κ3) is 3.17. The highest BCUT2D eigenvalue weighted by atomic mass is 35.5. The van der Waals surface area contributed by atoms with Gasteiger partial charge in [-0.1, -0.05) is 11.2 Å². The molecule has 0 atom stereocenters. The highest BCUT2D eigenvalue weighted by molar-refractivity contribution is 6.17. The second-order valence-corrected chi connectivity index (χ2v) is 3.97. The number of hydrogen-bond donors (Lipinski definition) is 0. The molecule has 6 heteroatoms. The summed E-state index contributed by atoms with van der Waals surface area (Å²) >= 11 is 5.60. The Labute approximate surface area is 104 Å². The van der Waals surface area contributed by atoms with Crippen molar-refractivity contribution in [3.63, 3.8) is 0 Å². The van der Waals surface area contributed by atoms with Crippen LogP contribution in [0.2, 0.25) is 0 Å². The highest BCUT2D eigenvalue weighted by Gasteiger charge is 2.10. The summed E-state index contributed by atoms with van der Waals surface area (Å²) in [5, 5.41) is 7.86. The maximum absolute atomic E-state index is 5.60. The molecule has 0 saturated heterocycles. The van der Waals surface area contributed by atoms with Crippen molar-refractivity contribution in [2.75, 3.05) is 17.8 Å². The van der Waals surface area contributed by atoms with Crippen molar-refractivity contribution in [2.24, 2.45) is 0 Å². The Morgan fingerprint density at radius 1 is 1.35 bits per heavy atom. The van der Waals surface area contributed by atoms with Gasteiger partial charge in [-0.15, -0.1) is 16.7 Å². The summed E-state index contributed by atoms with van der Waals surface area (Å²) in [6.07, 6.45) is 2.35. The predicted molar refractivity (Wildman–Crippen MR) is 65.1 cm³/mol. The van der Waals surface area contributed by atoms with Crippen LogP contribution in [0.25, 0.3) is 0 Å². The van der Waals surface area contributed by atoms with Crippen LogP contribution in [0.1, 0.15) is 11.6 Å². The smallest absolute Gasteiger partial charge is 0.318 e. The zero-order chi connectivity index (χ0) is 12.1. The zero-order valence-corrected chi connectivity index (χ0v) is 10.3. The standard InChI is InChI=1S/C11H13ClN4O/c1-16(8-9-4-2-3-7-13-9)11-15-14-10(17-11)5-6-12/h2-4,7H,5-6,8H2,1H3. The van der Waals surface area contributed by atoms with Gasteiger partial charge in [-0.25, -0.2) is 0 Å². The van der Waals surface area contributed by atoms with Crippen LogP contribution in [-0.4, -0.2) is 28.1 Å². The Balaban J connectivity index is 2.01. The molecule has 0 spiro atoms. The van der Waals surface area contributed by atoms with Gasteiger partial charge >= 0.3 is 6.01 Å². The van der Waals surface area contributed by atoms with Gasteiger partial charge in [-0.05, 0) is 12.1 Å². The van der Waals surface area contributed by atoms with Crippen LogP contribution in [0.5, 0.6) is 0 Å². The van der Waals surface area contributed by atoms with Crippen LogP contribution in [0, 0.1) is 0 Å². The van der Waals surface area contributed by atoms with E-state index in [1.165, 1.54) is 0 Å². The Kier molecular flexibility index (Phi) is 3.93. The molecule has 0 saturated carbocycles. The number of alkyl halides is 1. The number of rotatable bonds is 5. The Morgan fingerprint density at radius 3 is 2.94 bits per heavy atom. The molecule has 90 valence electrons. The SMILES string of the molecule is CN(Cc1ccccn1)c1nnc(CCCl)o1. The van der Waals surface area contributed by atoms with Crippen molar-refractivity contribution in [1.82, 2.24) is 15.2 Å². The molecule has 0 aliphatic carbocycles. The molecule has 2 heterocycles. The molecule has 0 amide bonds. The lowest BCUT2D eigenvalue weighted by Gasteiger charge is -2.12. The van der Waals surface area contributed by atoms with Gasteiger partial charge in [0.1, 0.15) is 0 Å². The summed E-state index contributed by atoms with van der Waals surface area (Å²) in [4.78, 5) is 6.09. The minimum Gasteiger partial charge on any atom is -0.408 e. The zero-order valence-electron chi connectivity index (χ0n) is 9.51. The third-order valence-corrected chi connectivity index (χ3v) is 2.41. The van der Waals surface area contributed by atoms with Crippen LogP contribution in [0.3, 0.4) is 0 Å². The van der Waals surface area contributed by atoms with E-state index in [1.807, 2.05) is 30.1 Å². The van der Waals surface area contributed by atoms with Crippen LogP contribution in [-0.2, 0) is 13.0 Å². The normalized spacial score (nSPS) is 10.5. The molecule has 0 aliphatic rings. The highest BCUT2D eigenvalue weighted by Crippen LogP contribution is 2.13. The number of aryl methyl sites for hydroxylation is 1. The van der Waals surface area contributed by atoms with Gasteiger partial charge in [-0.2, -0.15) is 0 Å². The second kappa shape index (κ2) is 5.63. The summed E-state index contributed by atoms with van der Waals surface area (Å²) in [5.41, 5.74) is 0.951. The molecular formula is C11H13ClN4O. The topological polar surface area (TPSA) is 55.1 Å². The first-order valence-electron chi connectivity index (χ1n) is 5.29. The molecular weight excluding hydrogens is 240 g/mol. The Morgan fingerprint density at radius 2 is 2.24 bits per heavy atom. The minimum absolute atomic E-state index is 0.478. The summed E-state index contributed by atoms with van der Waals surface area (Å²) in [7, 11) is 1.88. The van der Waals surface area contributed by atoms with E-state index >= 15 is 0 Å². The van der Waals surface area contributed by atoms with E-state index in [-0.39, 0.29) is 0 Å². The lowest BCUT2D eigenvalue weighted by atomic mass is 10.3. The van der Waals surface area contributed by atoms with Crippen LogP contribution in [0.4, 0.5) is 6.01 Å². The molecule has 0 radical (unpaired) electrons. The van der Waals surface area contributed by atoms with E-state index in [4.69, 9.17) is 16.0 Å². The van der Waals surface area contributed by atoms with E-state index in [1.54, 1.807) is 6.20 Å². The van der Waals surface area contributed by atoms with Gasteiger partial charge < -0.3 is 9.32 Å². The number of nitrogens with zero attached hydrogens (tertiary/aromatic N) is 4. The molecule has 2 rings (SSSR count). The van der Waals surface area contributed by atoms with Crippen molar-refractivity contribution in [2.45, 2.75) is 13.0 Å². The number of aromatic nitrogens is 3. The fraction of sp³-hybridized carbons (Fsp3) is 0.364. The molecule has 0 aromatic carbocycles. The Hall–Kier alpha value is -1.62. The molecule has 2 aromatic rings. The fourth-order valence-corrected chi connectivity index (χ4v) is 1.54. The molecule has 0 bridgehead atoms. The third-order valence-electron chi connectivity index (χ3n) is 2.22. The maximum atomic E-state index is 5.60. The van der Waals surface area contributed by atoms with Crippen molar-refractivity contribution in [3.05, 3.63) is 36.0 Å². The van der Waals surface area contributed by atoms with Gasteiger partial charge in [0.15, 0.2) is 0 Å². The van der Waals surface area contributed by atoms with Crippen molar-refractivity contribution in [3.8, 4) is 0 Å². The monoisotopic (exact) mass is 252 g/mol. The van der Waals surface area contributed by atoms with E-state index in [0.717, 1.165) is 5.69 Å². The van der Waals surface area contributed by atoms with Gasteiger partial charge in [0.05, 0.1) is 12.2 Å². The number of halogens is 1. The van der Waals surface area contributed by atoms with Crippen LogP contribution < -0.4 is 4.90 Å². The average molecular weight is 253 g/mol. The van der Waals surface area contributed by atoms with E-state index in [0.29, 0.717) is 30.8 Å². The first-order valence-corrected chi connectivity index (χ1v) is 5.82. The first-order chi connectivity index (χ1) is 8.29. The molecule has 0 unspecified atom stereocenters. The molecule has 2 aromatic heterocycles. The summed E-state index contributed by atoms with van der Waals surface area (Å²) in [6.45, 7) is 0.628. The summed E-state index contributed by atoms with van der Waals surface area (Å²) < 4.78 is 5.45. The Bertz CT molecular complexity index is 460. The molecule has 0 aliphatic heterocycles. The largest absolute Gasteiger partial charge is 0.408 e. The fourth-order valence-electron chi connectivity index (χ4n) is 1.38. The summed E-state index contributed by atoms with van der Waals surface area (Å²) in [5.74, 6) is 1.04. The molecule has 0 N–H and O–H groups in total. The van der Waals surface area contributed by atoms with Crippen molar-refractivity contribution in [1.29, 1.82) is 0 Å². The van der Waals surface area contributed by atoms with Crippen molar-refractivity contribution >= 4 is 17.6 Å². The molecule has 0 fully saturated rings. The number of pyridine rings is 1. The number of anilines is 1. The lowest BCUT2D eigenvalue weighted by molar-refractivity contribution is 0.494. The molecule has 17 heavy (non-hydrogen) atoms. The van der Waals surface area contributed by atoms with Crippen molar-refractivity contribution < 1.29 is 4.42 Å². The van der Waals surface area contributed by atoms with Crippen LogP contribution >= 0.6 is 11.6 Å². The van der Waals surface area contributed by atoms with E-state index in [9.17, 15) is 0 Å². The van der Waals surface area contributed by atoms with Gasteiger partial charge in [-0.3, -0.25) is 4.98 Å². The quantitative estimate of drug-likeness (QED) is 0.761. The van der Waals surface area contributed by atoms with E-state index in [2.05, 4.69) is 15.2 Å². The first kappa shape index (κ1) is 11.9. The van der Waals surface area contributed by atoms with Gasteiger partial charge in [0.2, 0.25) is 5.89 Å². The predicted octanol–water partition coefficient (Wildman–Crippen LogP) is 1.88. The van der Waals surface area contributed by atoms with E-state index < -0.39 is 0 Å². The summed E-state index contributed by atoms with van der Waals surface area (Å²) in [6, 6.07) is 6.26. The minimum atomic E-state index is 0.478. The maximum Gasteiger partial charge on any atom is 0.318 e. The number of hydrogen-bond acceptors (Lipinski definition) is 5. The second-order valence-electron chi connectivity index (χ2n) is 3.59. The average Bonchev–Trinajstić information content (AvgIpc) is 2.79. The van der Waals surface area contributed by atoms with Gasteiger partial charge in [0.25, 0.3) is 0 Å². The molecule has 5 nitrogen and oxygen atoms in total. The van der Waals surface area contributed by atoms with Crippen LogP contribution in [0.15, 0.2) is 28.8 Å². The lowest BCUT2D eigenvalue weighted by Crippen LogP contribution is -2.17. The van der Waals surface area contributed by atoms with Gasteiger partial charge in [0, 0.05) is 25.5 Å².